The van der Waals surface area contributed by atoms with Gasteiger partial charge >= 0.3 is 0 Å². The van der Waals surface area contributed by atoms with Crippen LogP contribution in [0.2, 0.25) is 0 Å². The minimum atomic E-state index is -0.221. The SMILES string of the molecule is CCC(C)C1c2nc(cnc2NC)-c2c(C)nn(CCO)c2CN(C)Cc2ccc(F)cc2C1C. The first kappa shape index (κ1) is 25.3. The summed E-state index contributed by atoms with van der Waals surface area (Å²) in [6.07, 6.45) is 2.77. The summed E-state index contributed by atoms with van der Waals surface area (Å²) in [6.45, 7) is 10.3. The molecule has 0 saturated carbocycles. The van der Waals surface area contributed by atoms with E-state index in [1.807, 2.05) is 30.9 Å². The van der Waals surface area contributed by atoms with E-state index in [9.17, 15) is 9.50 Å². The largest absolute Gasteiger partial charge is 0.394 e. The van der Waals surface area contributed by atoms with Crippen LogP contribution in [0.15, 0.2) is 24.4 Å². The molecule has 1 aliphatic heterocycles. The average molecular weight is 481 g/mol. The van der Waals surface area contributed by atoms with Gasteiger partial charge in [-0.3, -0.25) is 9.58 Å². The fraction of sp³-hybridized carbons (Fsp3) is 0.519. The van der Waals surface area contributed by atoms with Gasteiger partial charge in [0.2, 0.25) is 0 Å². The quantitative estimate of drug-likeness (QED) is 0.551. The van der Waals surface area contributed by atoms with Gasteiger partial charge in [0.15, 0.2) is 0 Å². The lowest BCUT2D eigenvalue weighted by Gasteiger charge is -2.32. The third-order valence-electron chi connectivity index (χ3n) is 7.41. The fourth-order valence-corrected chi connectivity index (χ4v) is 5.53. The van der Waals surface area contributed by atoms with E-state index in [4.69, 9.17) is 15.1 Å². The molecule has 0 radical (unpaired) electrons. The van der Waals surface area contributed by atoms with Gasteiger partial charge in [-0.05, 0) is 49.1 Å². The highest BCUT2D eigenvalue weighted by Crippen LogP contribution is 2.43. The van der Waals surface area contributed by atoms with E-state index in [2.05, 4.69) is 38.0 Å². The van der Waals surface area contributed by atoms with Crippen molar-refractivity contribution >= 4 is 5.82 Å². The Balaban J connectivity index is 2.03. The Bertz CT molecular complexity index is 1190. The summed E-state index contributed by atoms with van der Waals surface area (Å²) in [5.41, 5.74) is 6.63. The van der Waals surface area contributed by atoms with E-state index in [1.54, 1.807) is 12.1 Å². The summed E-state index contributed by atoms with van der Waals surface area (Å²) in [6, 6.07) is 5.15. The first-order valence-corrected chi connectivity index (χ1v) is 12.5. The lowest BCUT2D eigenvalue weighted by Crippen LogP contribution is -2.25. The number of nitrogens with one attached hydrogen (secondary N) is 1. The standard InChI is InChI=1S/C27H37FN6O/c1-7-16(2)24-17(3)21-12-20(28)9-8-19(21)14-33(6)15-23-25(18(4)32-34(23)10-11-35)22-13-30-27(29-5)26(24)31-22/h8-9,12-13,16-17,24,35H,7,10-11,14-15H2,1-6H3,(H,29,30). The molecule has 0 fully saturated rings. The molecule has 8 heteroatoms. The zero-order chi connectivity index (χ0) is 25.3. The second kappa shape index (κ2) is 10.4. The summed E-state index contributed by atoms with van der Waals surface area (Å²) >= 11 is 0. The van der Waals surface area contributed by atoms with Gasteiger partial charge in [0.05, 0.1) is 42.1 Å². The summed E-state index contributed by atoms with van der Waals surface area (Å²) in [5, 5.41) is 17.7. The number of hydrogen-bond donors (Lipinski definition) is 2. The number of aliphatic hydroxyl groups excluding tert-OH is 1. The van der Waals surface area contributed by atoms with Crippen LogP contribution in [0.25, 0.3) is 11.3 Å². The van der Waals surface area contributed by atoms with Crippen molar-refractivity contribution in [1.29, 1.82) is 0 Å². The van der Waals surface area contributed by atoms with Crippen molar-refractivity contribution < 1.29 is 9.50 Å². The van der Waals surface area contributed by atoms with Gasteiger partial charge in [-0.1, -0.05) is 33.3 Å². The number of aryl methyl sites for hydroxylation is 1. The lowest BCUT2D eigenvalue weighted by molar-refractivity contribution is 0.257. The predicted molar refractivity (Wildman–Crippen MR) is 137 cm³/mol. The molecule has 3 aromatic rings. The van der Waals surface area contributed by atoms with Crippen molar-refractivity contribution in [2.24, 2.45) is 5.92 Å². The molecular formula is C27H37FN6O. The van der Waals surface area contributed by atoms with E-state index in [0.29, 0.717) is 25.6 Å². The summed E-state index contributed by atoms with van der Waals surface area (Å²) < 4.78 is 16.4. The molecule has 3 unspecified atom stereocenters. The third-order valence-corrected chi connectivity index (χ3v) is 7.41. The zero-order valence-electron chi connectivity index (χ0n) is 21.6. The van der Waals surface area contributed by atoms with Crippen molar-refractivity contribution in [2.75, 3.05) is 26.0 Å². The Kier molecular flexibility index (Phi) is 7.52. The number of anilines is 1. The van der Waals surface area contributed by atoms with Gasteiger partial charge in [-0.2, -0.15) is 5.10 Å². The van der Waals surface area contributed by atoms with E-state index in [-0.39, 0.29) is 24.3 Å². The molecule has 2 aromatic heterocycles. The van der Waals surface area contributed by atoms with Crippen molar-refractivity contribution in [3.05, 3.63) is 58.4 Å². The topological polar surface area (TPSA) is 79.1 Å². The van der Waals surface area contributed by atoms with Gasteiger partial charge in [0, 0.05) is 31.6 Å². The maximum atomic E-state index is 14.5. The maximum absolute atomic E-state index is 14.5. The summed E-state index contributed by atoms with van der Waals surface area (Å²) in [7, 11) is 3.93. The summed E-state index contributed by atoms with van der Waals surface area (Å²) in [5.74, 6) is 0.909. The van der Waals surface area contributed by atoms with Crippen LogP contribution in [0.5, 0.6) is 0 Å². The van der Waals surface area contributed by atoms with E-state index in [1.165, 1.54) is 0 Å². The van der Waals surface area contributed by atoms with Gasteiger partial charge in [-0.15, -0.1) is 0 Å². The number of aromatic nitrogens is 4. The van der Waals surface area contributed by atoms with Crippen LogP contribution in [-0.2, 0) is 19.6 Å². The number of aliphatic hydroxyl groups is 1. The van der Waals surface area contributed by atoms with E-state index in [0.717, 1.165) is 51.7 Å². The second-order valence-corrected chi connectivity index (χ2v) is 9.81. The molecule has 1 aliphatic rings. The van der Waals surface area contributed by atoms with Crippen LogP contribution in [0.3, 0.4) is 0 Å². The lowest BCUT2D eigenvalue weighted by atomic mass is 9.75. The van der Waals surface area contributed by atoms with E-state index >= 15 is 0 Å². The molecular weight excluding hydrogens is 443 g/mol. The average Bonchev–Trinajstić information content (AvgIpc) is 3.13. The molecule has 4 rings (SSSR count). The van der Waals surface area contributed by atoms with Crippen molar-refractivity contribution in [1.82, 2.24) is 24.6 Å². The molecule has 3 heterocycles. The first-order valence-electron chi connectivity index (χ1n) is 12.5. The molecule has 0 spiro atoms. The first-order chi connectivity index (χ1) is 16.8. The minimum absolute atomic E-state index is 0.00259. The summed E-state index contributed by atoms with van der Waals surface area (Å²) in [4.78, 5) is 12.2. The highest BCUT2D eigenvalue weighted by atomic mass is 19.1. The molecule has 2 N–H and O–H groups in total. The Labute approximate surface area is 207 Å². The van der Waals surface area contributed by atoms with Gasteiger partial charge in [0.1, 0.15) is 11.6 Å². The normalized spacial score (nSPS) is 19.3. The van der Waals surface area contributed by atoms with E-state index < -0.39 is 0 Å². The van der Waals surface area contributed by atoms with Crippen molar-refractivity contribution in [2.45, 2.75) is 65.6 Å². The monoisotopic (exact) mass is 480 g/mol. The molecule has 0 saturated heterocycles. The van der Waals surface area contributed by atoms with Gasteiger partial charge in [0.25, 0.3) is 0 Å². The predicted octanol–water partition coefficient (Wildman–Crippen LogP) is 4.70. The Hall–Kier alpha value is -2.84. The van der Waals surface area contributed by atoms with Crippen molar-refractivity contribution in [3.63, 3.8) is 0 Å². The number of hydrogen-bond acceptors (Lipinski definition) is 6. The van der Waals surface area contributed by atoms with Gasteiger partial charge in [-0.25, -0.2) is 14.4 Å². The highest BCUT2D eigenvalue weighted by Gasteiger charge is 2.33. The second-order valence-electron chi connectivity index (χ2n) is 9.81. The molecule has 0 amide bonds. The number of nitrogens with zero attached hydrogens (tertiary/aromatic N) is 5. The molecule has 188 valence electrons. The highest BCUT2D eigenvalue weighted by molar-refractivity contribution is 5.66. The number of benzene rings is 1. The van der Waals surface area contributed by atoms with Crippen LogP contribution in [-0.4, -0.2) is 50.5 Å². The van der Waals surface area contributed by atoms with Crippen LogP contribution >= 0.6 is 0 Å². The van der Waals surface area contributed by atoms with Crippen LogP contribution in [0, 0.1) is 18.7 Å². The van der Waals surface area contributed by atoms with Crippen LogP contribution in [0.4, 0.5) is 10.2 Å². The Morgan fingerprint density at radius 2 is 2.06 bits per heavy atom. The number of halogens is 1. The van der Waals surface area contributed by atoms with Crippen molar-refractivity contribution in [3.8, 4) is 11.3 Å². The molecule has 7 nitrogen and oxygen atoms in total. The molecule has 0 aliphatic carbocycles. The number of fused-ring (bicyclic) bond motifs is 5. The minimum Gasteiger partial charge on any atom is -0.394 e. The van der Waals surface area contributed by atoms with Crippen LogP contribution < -0.4 is 5.32 Å². The Morgan fingerprint density at radius 3 is 2.74 bits per heavy atom. The third kappa shape index (κ3) is 4.82. The molecule has 3 atom stereocenters. The Morgan fingerprint density at radius 1 is 1.29 bits per heavy atom. The maximum Gasteiger partial charge on any atom is 0.147 e. The molecule has 35 heavy (non-hydrogen) atoms. The number of rotatable bonds is 5. The smallest absolute Gasteiger partial charge is 0.147 e. The van der Waals surface area contributed by atoms with Crippen LogP contribution in [0.1, 0.15) is 67.2 Å². The molecule has 2 bridgehead atoms. The fourth-order valence-electron chi connectivity index (χ4n) is 5.53. The zero-order valence-corrected chi connectivity index (χ0v) is 21.6. The molecule has 1 aromatic carbocycles. The van der Waals surface area contributed by atoms with Gasteiger partial charge < -0.3 is 10.4 Å².